The van der Waals surface area contributed by atoms with Crippen molar-refractivity contribution in [2.75, 3.05) is 26.7 Å². The largest absolute Gasteiger partial charge is 0.494 e. The lowest BCUT2D eigenvalue weighted by Gasteiger charge is -2.23. The van der Waals surface area contributed by atoms with Crippen molar-refractivity contribution in [2.24, 2.45) is 5.92 Å². The van der Waals surface area contributed by atoms with E-state index in [4.69, 9.17) is 4.74 Å². The van der Waals surface area contributed by atoms with Gasteiger partial charge in [-0.15, -0.1) is 0 Å². The summed E-state index contributed by atoms with van der Waals surface area (Å²) < 4.78 is 5.55. The molecule has 0 saturated heterocycles. The molecule has 0 fully saturated rings. The molecule has 1 aromatic rings. The van der Waals surface area contributed by atoms with Crippen LogP contribution in [-0.4, -0.2) is 36.8 Å². The molecule has 0 radical (unpaired) electrons. The number of nitrogens with zero attached hydrogens (tertiary/aromatic N) is 1. The number of hydrogen-bond donors (Lipinski definition) is 1. The fourth-order valence-corrected chi connectivity index (χ4v) is 2.14. The molecular weight excluding hydrogens is 250 g/mol. The van der Waals surface area contributed by atoms with Crippen molar-refractivity contribution in [3.63, 3.8) is 0 Å². The first-order valence-corrected chi connectivity index (χ1v) is 7.66. The highest BCUT2D eigenvalue weighted by Crippen LogP contribution is 2.19. The number of ether oxygens (including phenoxy) is 1. The molecule has 0 saturated carbocycles. The molecular formula is C17H29NO2. The third-order valence-electron chi connectivity index (χ3n) is 3.54. The number of aliphatic hydroxyl groups is 1. The van der Waals surface area contributed by atoms with E-state index in [1.54, 1.807) is 0 Å². The van der Waals surface area contributed by atoms with Gasteiger partial charge in [0.25, 0.3) is 0 Å². The van der Waals surface area contributed by atoms with Gasteiger partial charge in [-0.05, 0) is 37.1 Å². The van der Waals surface area contributed by atoms with Gasteiger partial charge in [-0.25, -0.2) is 0 Å². The van der Waals surface area contributed by atoms with Crippen molar-refractivity contribution in [1.82, 2.24) is 4.90 Å². The first-order valence-electron chi connectivity index (χ1n) is 7.66. The quantitative estimate of drug-likeness (QED) is 0.751. The fraction of sp³-hybridized carbons (Fsp3) is 0.647. The van der Waals surface area contributed by atoms with E-state index >= 15 is 0 Å². The lowest BCUT2D eigenvalue weighted by molar-refractivity contribution is 0.119. The van der Waals surface area contributed by atoms with E-state index in [0.29, 0.717) is 12.5 Å². The molecule has 2 atom stereocenters. The zero-order chi connectivity index (χ0) is 15.0. The Hall–Kier alpha value is -1.06. The normalized spacial score (nSPS) is 14.3. The minimum absolute atomic E-state index is 0.440. The molecule has 2 unspecified atom stereocenters. The maximum atomic E-state index is 10.3. The minimum Gasteiger partial charge on any atom is -0.494 e. The maximum Gasteiger partial charge on any atom is 0.119 e. The Balaban J connectivity index is 2.48. The molecule has 0 aliphatic rings. The standard InChI is InChI=1S/C17H29NO2/c1-5-11-20-16-9-7-15(8-10-16)17(19)13-18(4)12-14(3)6-2/h7-10,14,17,19H,5-6,11-13H2,1-4H3. The van der Waals surface area contributed by atoms with Crippen LogP contribution in [0.3, 0.4) is 0 Å². The van der Waals surface area contributed by atoms with Crippen molar-refractivity contribution < 1.29 is 9.84 Å². The SMILES string of the molecule is CCCOc1ccc(C(O)CN(C)CC(C)CC)cc1. The average molecular weight is 279 g/mol. The summed E-state index contributed by atoms with van der Waals surface area (Å²) in [5.74, 6) is 1.53. The van der Waals surface area contributed by atoms with Gasteiger partial charge in [-0.1, -0.05) is 39.3 Å². The summed E-state index contributed by atoms with van der Waals surface area (Å²) in [6.07, 6.45) is 1.73. The van der Waals surface area contributed by atoms with Crippen LogP contribution in [0.25, 0.3) is 0 Å². The van der Waals surface area contributed by atoms with Crippen molar-refractivity contribution >= 4 is 0 Å². The van der Waals surface area contributed by atoms with Crippen molar-refractivity contribution in [1.29, 1.82) is 0 Å². The minimum atomic E-state index is -0.440. The van der Waals surface area contributed by atoms with Crippen molar-refractivity contribution in [3.8, 4) is 5.75 Å². The summed E-state index contributed by atoms with van der Waals surface area (Å²) >= 11 is 0. The summed E-state index contributed by atoms with van der Waals surface area (Å²) in [4.78, 5) is 2.19. The third kappa shape index (κ3) is 5.93. The van der Waals surface area contributed by atoms with E-state index in [1.807, 2.05) is 24.3 Å². The summed E-state index contributed by atoms with van der Waals surface area (Å²) in [7, 11) is 2.06. The molecule has 0 spiro atoms. The van der Waals surface area contributed by atoms with Crippen LogP contribution in [0.2, 0.25) is 0 Å². The highest BCUT2D eigenvalue weighted by atomic mass is 16.5. The first kappa shape index (κ1) is 17.0. The predicted octanol–water partition coefficient (Wildman–Crippen LogP) is 3.49. The molecule has 0 aliphatic carbocycles. The van der Waals surface area contributed by atoms with Crippen LogP contribution in [-0.2, 0) is 0 Å². The number of hydrogen-bond acceptors (Lipinski definition) is 3. The molecule has 0 heterocycles. The van der Waals surface area contributed by atoms with Gasteiger partial charge in [0.15, 0.2) is 0 Å². The monoisotopic (exact) mass is 279 g/mol. The molecule has 114 valence electrons. The van der Waals surface area contributed by atoms with E-state index in [1.165, 1.54) is 6.42 Å². The predicted molar refractivity (Wildman–Crippen MR) is 84.1 cm³/mol. The molecule has 1 N–H and O–H groups in total. The summed E-state index contributed by atoms with van der Waals surface area (Å²) in [5.41, 5.74) is 0.949. The smallest absolute Gasteiger partial charge is 0.119 e. The van der Waals surface area contributed by atoms with Gasteiger partial charge in [0, 0.05) is 13.1 Å². The van der Waals surface area contributed by atoms with Crippen LogP contribution in [0.1, 0.15) is 45.3 Å². The van der Waals surface area contributed by atoms with E-state index in [-0.39, 0.29) is 0 Å². The second-order valence-electron chi connectivity index (χ2n) is 5.67. The lowest BCUT2D eigenvalue weighted by atomic mass is 10.1. The van der Waals surface area contributed by atoms with Gasteiger partial charge < -0.3 is 14.7 Å². The topological polar surface area (TPSA) is 32.7 Å². The lowest BCUT2D eigenvalue weighted by Crippen LogP contribution is -2.28. The van der Waals surface area contributed by atoms with Crippen LogP contribution in [0.4, 0.5) is 0 Å². The van der Waals surface area contributed by atoms with E-state index in [0.717, 1.165) is 30.9 Å². The van der Waals surface area contributed by atoms with Gasteiger partial charge in [0.05, 0.1) is 12.7 Å². The second kappa shape index (κ2) is 8.98. The molecule has 3 heteroatoms. The van der Waals surface area contributed by atoms with Gasteiger partial charge in [0.2, 0.25) is 0 Å². The molecule has 3 nitrogen and oxygen atoms in total. The van der Waals surface area contributed by atoms with Crippen LogP contribution in [0.5, 0.6) is 5.75 Å². The van der Waals surface area contributed by atoms with Crippen LogP contribution >= 0.6 is 0 Å². The Morgan fingerprint density at radius 2 is 1.80 bits per heavy atom. The number of likely N-dealkylation sites (N-methyl/N-ethyl adjacent to an activating group) is 1. The summed E-state index contributed by atoms with van der Waals surface area (Å²) in [5, 5.41) is 10.3. The Morgan fingerprint density at radius 3 is 2.35 bits per heavy atom. The third-order valence-corrected chi connectivity index (χ3v) is 3.54. The van der Waals surface area contributed by atoms with Crippen LogP contribution in [0, 0.1) is 5.92 Å². The van der Waals surface area contributed by atoms with Crippen molar-refractivity contribution in [2.45, 2.75) is 39.7 Å². The number of aliphatic hydroxyl groups excluding tert-OH is 1. The highest BCUT2D eigenvalue weighted by molar-refractivity contribution is 5.28. The molecule has 0 bridgehead atoms. The first-order chi connectivity index (χ1) is 9.56. The van der Waals surface area contributed by atoms with Gasteiger partial charge in [0.1, 0.15) is 5.75 Å². The molecule has 0 aliphatic heterocycles. The summed E-state index contributed by atoms with van der Waals surface area (Å²) in [6, 6.07) is 7.77. The maximum absolute atomic E-state index is 10.3. The Kier molecular flexibility index (Phi) is 7.63. The highest BCUT2D eigenvalue weighted by Gasteiger charge is 2.12. The number of benzene rings is 1. The molecule has 0 aromatic heterocycles. The molecule has 20 heavy (non-hydrogen) atoms. The Bertz CT molecular complexity index is 364. The van der Waals surface area contributed by atoms with Crippen molar-refractivity contribution in [3.05, 3.63) is 29.8 Å². The van der Waals surface area contributed by atoms with E-state index < -0.39 is 6.10 Å². The summed E-state index contributed by atoms with van der Waals surface area (Å²) in [6.45, 7) is 8.95. The fourth-order valence-electron chi connectivity index (χ4n) is 2.14. The van der Waals surface area contributed by atoms with Gasteiger partial charge in [-0.2, -0.15) is 0 Å². The Morgan fingerprint density at radius 1 is 1.15 bits per heavy atom. The number of rotatable bonds is 9. The average Bonchev–Trinajstić information content (AvgIpc) is 2.45. The molecule has 1 rings (SSSR count). The Labute approximate surface area is 123 Å². The van der Waals surface area contributed by atoms with E-state index in [9.17, 15) is 5.11 Å². The van der Waals surface area contributed by atoms with Crippen LogP contribution in [0.15, 0.2) is 24.3 Å². The van der Waals surface area contributed by atoms with Crippen LogP contribution < -0.4 is 4.74 Å². The van der Waals surface area contributed by atoms with Gasteiger partial charge in [-0.3, -0.25) is 0 Å². The van der Waals surface area contributed by atoms with E-state index in [2.05, 4.69) is 32.7 Å². The van der Waals surface area contributed by atoms with Gasteiger partial charge >= 0.3 is 0 Å². The zero-order valence-electron chi connectivity index (χ0n) is 13.3. The zero-order valence-corrected chi connectivity index (χ0v) is 13.3. The second-order valence-corrected chi connectivity index (χ2v) is 5.67. The molecule has 1 aromatic carbocycles. The molecule has 0 amide bonds.